The van der Waals surface area contributed by atoms with Gasteiger partial charge in [0.05, 0.1) is 12.2 Å². The van der Waals surface area contributed by atoms with Crippen LogP contribution in [0.5, 0.6) is 5.75 Å². The van der Waals surface area contributed by atoms with Crippen molar-refractivity contribution in [2.75, 3.05) is 11.9 Å². The number of rotatable bonds is 5. The van der Waals surface area contributed by atoms with Gasteiger partial charge in [-0.2, -0.15) is 0 Å². The van der Waals surface area contributed by atoms with Crippen LogP contribution in [0, 0.1) is 5.82 Å². The number of aromatic nitrogens is 2. The van der Waals surface area contributed by atoms with Crippen molar-refractivity contribution >= 4 is 52.4 Å². The van der Waals surface area contributed by atoms with Gasteiger partial charge in [0, 0.05) is 12.3 Å². The summed E-state index contributed by atoms with van der Waals surface area (Å²) >= 11 is 17.2. The molecule has 0 aliphatic heterocycles. The molecule has 7 nitrogen and oxygen atoms in total. The Kier molecular flexibility index (Phi) is 6.96. The predicted octanol–water partition coefficient (Wildman–Crippen LogP) is 4.33. The van der Waals surface area contributed by atoms with Crippen molar-refractivity contribution in [1.82, 2.24) is 15.3 Å². The third-order valence-corrected chi connectivity index (χ3v) is 3.76. The van der Waals surface area contributed by atoms with Crippen LogP contribution in [0.4, 0.5) is 14.9 Å². The van der Waals surface area contributed by atoms with Crippen LogP contribution in [0.25, 0.3) is 0 Å². The van der Waals surface area contributed by atoms with E-state index in [0.29, 0.717) is 6.61 Å². The summed E-state index contributed by atoms with van der Waals surface area (Å²) < 4.78 is 18.9. The molecule has 0 atom stereocenters. The number of carbonyl (C=O) groups excluding carboxylic acids is 2. The van der Waals surface area contributed by atoms with Crippen LogP contribution < -0.4 is 15.4 Å². The molecule has 0 saturated carbocycles. The molecular formula is C15H12Cl3FN4O3. The lowest BCUT2D eigenvalue weighted by molar-refractivity contribution is 0.0966. The Morgan fingerprint density at radius 3 is 2.65 bits per heavy atom. The largest absolute Gasteiger partial charge is 0.491 e. The fraction of sp³-hybridized carbons (Fsp3) is 0.200. The van der Waals surface area contributed by atoms with Crippen molar-refractivity contribution in [2.45, 2.75) is 13.3 Å². The van der Waals surface area contributed by atoms with Gasteiger partial charge in [-0.3, -0.25) is 10.1 Å². The molecule has 0 radical (unpaired) electrons. The molecule has 0 aliphatic carbocycles. The molecule has 0 spiro atoms. The zero-order valence-electron chi connectivity index (χ0n) is 13.3. The highest BCUT2D eigenvalue weighted by molar-refractivity contribution is 6.35. The standard InChI is InChI=1S/C15H12Cl3FN4O3/c1-2-5-26-9-3-4-20-13(18)10(9)21-15(25)23-14(24)7-6-8(19)12(17)22-11(7)16/h3-4,6H,2,5H2,1H3,(H2,21,23,24,25). The van der Waals surface area contributed by atoms with Crippen molar-refractivity contribution in [3.05, 3.63) is 45.2 Å². The number of nitrogens with zero attached hydrogens (tertiary/aromatic N) is 2. The monoisotopic (exact) mass is 420 g/mol. The number of urea groups is 1. The first-order valence-electron chi connectivity index (χ1n) is 7.24. The molecule has 2 heterocycles. The van der Waals surface area contributed by atoms with E-state index in [0.717, 1.165) is 12.5 Å². The van der Waals surface area contributed by atoms with Gasteiger partial charge < -0.3 is 10.1 Å². The fourth-order valence-electron chi connectivity index (χ4n) is 1.79. The van der Waals surface area contributed by atoms with E-state index in [1.807, 2.05) is 12.2 Å². The molecule has 2 aromatic heterocycles. The number of amides is 3. The third-order valence-electron chi connectivity index (χ3n) is 2.93. The van der Waals surface area contributed by atoms with Gasteiger partial charge in [-0.25, -0.2) is 19.2 Å². The second kappa shape index (κ2) is 8.98. The number of hydrogen-bond acceptors (Lipinski definition) is 5. The molecule has 3 amide bonds. The van der Waals surface area contributed by atoms with E-state index >= 15 is 0 Å². The lowest BCUT2D eigenvalue weighted by Gasteiger charge is -2.13. The molecule has 2 aromatic rings. The minimum atomic E-state index is -0.980. The Bertz CT molecular complexity index is 851. The number of ether oxygens (including phenoxy) is 1. The van der Waals surface area contributed by atoms with E-state index in [2.05, 4.69) is 15.3 Å². The number of carbonyl (C=O) groups is 2. The molecule has 0 fully saturated rings. The van der Waals surface area contributed by atoms with Gasteiger partial charge in [0.15, 0.2) is 16.1 Å². The van der Waals surface area contributed by atoms with Crippen LogP contribution in [0.2, 0.25) is 15.5 Å². The lowest BCUT2D eigenvalue weighted by atomic mass is 10.2. The average molecular weight is 422 g/mol. The number of anilines is 1. The molecule has 0 aromatic carbocycles. The minimum Gasteiger partial charge on any atom is -0.491 e. The Morgan fingerprint density at radius 1 is 1.23 bits per heavy atom. The summed E-state index contributed by atoms with van der Waals surface area (Å²) in [5.74, 6) is -1.65. The van der Waals surface area contributed by atoms with Gasteiger partial charge in [-0.1, -0.05) is 41.7 Å². The SMILES string of the molecule is CCCOc1ccnc(Cl)c1NC(=O)NC(=O)c1cc(F)c(Cl)nc1Cl. The second-order valence-corrected chi connectivity index (χ2v) is 5.91. The van der Waals surface area contributed by atoms with Gasteiger partial charge >= 0.3 is 6.03 Å². The van der Waals surface area contributed by atoms with Gasteiger partial charge in [0.2, 0.25) is 0 Å². The van der Waals surface area contributed by atoms with Crippen LogP contribution in [-0.2, 0) is 0 Å². The zero-order chi connectivity index (χ0) is 19.3. The topological polar surface area (TPSA) is 93.2 Å². The highest BCUT2D eigenvalue weighted by Gasteiger charge is 2.19. The summed E-state index contributed by atoms with van der Waals surface area (Å²) in [5, 5.41) is 3.47. The minimum absolute atomic E-state index is 0.0292. The van der Waals surface area contributed by atoms with Crippen LogP contribution in [0.15, 0.2) is 18.3 Å². The number of nitrogens with one attached hydrogen (secondary N) is 2. The van der Waals surface area contributed by atoms with Crippen LogP contribution in [-0.4, -0.2) is 28.5 Å². The van der Waals surface area contributed by atoms with Gasteiger partial charge in [0.25, 0.3) is 5.91 Å². The smallest absolute Gasteiger partial charge is 0.326 e. The summed E-state index contributed by atoms with van der Waals surface area (Å²) in [6.07, 6.45) is 2.14. The maximum absolute atomic E-state index is 13.5. The maximum atomic E-state index is 13.5. The molecule has 11 heteroatoms. The average Bonchev–Trinajstić information content (AvgIpc) is 2.58. The summed E-state index contributed by atoms with van der Waals surface area (Å²) in [6, 6.07) is 1.33. The highest BCUT2D eigenvalue weighted by atomic mass is 35.5. The summed E-state index contributed by atoms with van der Waals surface area (Å²) in [6.45, 7) is 2.30. The number of imide groups is 1. The van der Waals surface area contributed by atoms with Crippen molar-refractivity contribution < 1.29 is 18.7 Å². The first-order valence-corrected chi connectivity index (χ1v) is 8.38. The van der Waals surface area contributed by atoms with Crippen LogP contribution in [0.1, 0.15) is 23.7 Å². The third kappa shape index (κ3) is 4.94. The first kappa shape index (κ1) is 20.2. The van der Waals surface area contributed by atoms with Crippen LogP contribution in [0.3, 0.4) is 0 Å². The van der Waals surface area contributed by atoms with Crippen molar-refractivity contribution in [3.63, 3.8) is 0 Å². The quantitative estimate of drug-likeness (QED) is 0.701. The second-order valence-electron chi connectivity index (χ2n) is 4.83. The number of hydrogen-bond donors (Lipinski definition) is 2. The molecule has 0 saturated heterocycles. The van der Waals surface area contributed by atoms with E-state index in [4.69, 9.17) is 39.5 Å². The van der Waals surface area contributed by atoms with Gasteiger partial charge in [-0.05, 0) is 12.5 Å². The Morgan fingerprint density at radius 2 is 1.96 bits per heavy atom. The molecular weight excluding hydrogens is 410 g/mol. The maximum Gasteiger partial charge on any atom is 0.326 e. The summed E-state index contributed by atoms with van der Waals surface area (Å²) in [7, 11) is 0. The first-order chi connectivity index (χ1) is 12.3. The fourth-order valence-corrected chi connectivity index (χ4v) is 2.39. The van der Waals surface area contributed by atoms with E-state index < -0.39 is 22.9 Å². The van der Waals surface area contributed by atoms with E-state index in [9.17, 15) is 14.0 Å². The van der Waals surface area contributed by atoms with E-state index in [1.54, 1.807) is 0 Å². The molecule has 138 valence electrons. The van der Waals surface area contributed by atoms with Crippen molar-refractivity contribution in [2.24, 2.45) is 0 Å². The normalized spacial score (nSPS) is 10.3. The lowest BCUT2D eigenvalue weighted by Crippen LogP contribution is -2.35. The highest BCUT2D eigenvalue weighted by Crippen LogP contribution is 2.30. The Hall–Kier alpha value is -2.16. The molecule has 2 N–H and O–H groups in total. The van der Waals surface area contributed by atoms with Gasteiger partial charge in [-0.15, -0.1) is 0 Å². The zero-order valence-corrected chi connectivity index (χ0v) is 15.5. The molecule has 26 heavy (non-hydrogen) atoms. The molecule has 0 bridgehead atoms. The molecule has 2 rings (SSSR count). The van der Waals surface area contributed by atoms with Gasteiger partial charge in [0.1, 0.15) is 16.6 Å². The van der Waals surface area contributed by atoms with Crippen molar-refractivity contribution in [3.8, 4) is 5.75 Å². The van der Waals surface area contributed by atoms with Crippen LogP contribution >= 0.6 is 34.8 Å². The Labute approximate surface area is 162 Å². The molecule has 0 unspecified atom stereocenters. The van der Waals surface area contributed by atoms with Crippen molar-refractivity contribution in [1.29, 1.82) is 0 Å². The molecule has 0 aliphatic rings. The number of pyridine rings is 2. The number of halogens is 4. The summed E-state index contributed by atoms with van der Waals surface area (Å²) in [4.78, 5) is 31.5. The summed E-state index contributed by atoms with van der Waals surface area (Å²) in [5.41, 5.74) is -0.275. The predicted molar refractivity (Wildman–Crippen MR) is 95.7 cm³/mol. The van der Waals surface area contributed by atoms with E-state index in [1.165, 1.54) is 12.3 Å². The Balaban J connectivity index is 2.14. The van der Waals surface area contributed by atoms with E-state index in [-0.39, 0.29) is 27.3 Å².